The van der Waals surface area contributed by atoms with Crippen LogP contribution in [0.15, 0.2) is 65.7 Å². The lowest BCUT2D eigenvalue weighted by atomic mass is 10.0. The van der Waals surface area contributed by atoms with E-state index in [1.165, 1.54) is 4.90 Å². The molecule has 0 amide bonds. The predicted octanol–water partition coefficient (Wildman–Crippen LogP) is 4.28. The van der Waals surface area contributed by atoms with Crippen LogP contribution < -0.4 is 0 Å². The minimum absolute atomic E-state index is 0.0936. The van der Waals surface area contributed by atoms with Crippen LogP contribution in [-0.2, 0) is 11.2 Å². The third-order valence-corrected chi connectivity index (χ3v) is 4.53. The van der Waals surface area contributed by atoms with Gasteiger partial charge < -0.3 is 5.11 Å². The molecule has 5 heteroatoms. The van der Waals surface area contributed by atoms with Gasteiger partial charge in [0.25, 0.3) is 0 Å². The summed E-state index contributed by atoms with van der Waals surface area (Å²) in [6.07, 6.45) is 4.52. The molecule has 2 aromatic carbocycles. The Morgan fingerprint density at radius 3 is 2.46 bits per heavy atom. The fraction of sp³-hybridized carbons (Fsp3) is 0.158. The Labute approximate surface area is 145 Å². The molecule has 0 aliphatic heterocycles. The Kier molecular flexibility index (Phi) is 5.01. The number of benzene rings is 2. The van der Waals surface area contributed by atoms with Crippen molar-refractivity contribution < 1.29 is 9.90 Å². The number of hydrogen-bond acceptors (Lipinski definition) is 3. The van der Waals surface area contributed by atoms with Crippen LogP contribution >= 0.6 is 11.8 Å². The zero-order valence-corrected chi connectivity index (χ0v) is 14.2. The van der Waals surface area contributed by atoms with Crippen molar-refractivity contribution in [1.29, 1.82) is 0 Å². The lowest BCUT2D eigenvalue weighted by Gasteiger charge is -2.03. The number of carboxylic acid groups (broad SMARTS) is 1. The van der Waals surface area contributed by atoms with E-state index in [1.54, 1.807) is 11.8 Å². The molecule has 0 aliphatic carbocycles. The van der Waals surface area contributed by atoms with Gasteiger partial charge in [0.05, 0.1) is 11.4 Å². The molecule has 0 atom stereocenters. The summed E-state index contributed by atoms with van der Waals surface area (Å²) in [4.78, 5) is 12.1. The first-order valence-electron chi connectivity index (χ1n) is 7.67. The highest BCUT2D eigenvalue weighted by Crippen LogP contribution is 2.27. The van der Waals surface area contributed by atoms with Crippen molar-refractivity contribution >= 4 is 17.7 Å². The van der Waals surface area contributed by atoms with Gasteiger partial charge in [0.2, 0.25) is 0 Å². The first-order chi connectivity index (χ1) is 11.7. The topological polar surface area (TPSA) is 55.1 Å². The van der Waals surface area contributed by atoms with Gasteiger partial charge >= 0.3 is 5.97 Å². The van der Waals surface area contributed by atoms with E-state index in [1.807, 2.05) is 59.6 Å². The van der Waals surface area contributed by atoms with Crippen LogP contribution in [0.4, 0.5) is 0 Å². The number of carbonyl (C=O) groups is 1. The van der Waals surface area contributed by atoms with Gasteiger partial charge in [-0.05, 0) is 42.5 Å². The monoisotopic (exact) mass is 338 g/mol. The molecule has 1 heterocycles. The molecule has 1 N–H and O–H groups in total. The molecule has 1 aromatic heterocycles. The summed E-state index contributed by atoms with van der Waals surface area (Å²) in [5, 5.41) is 13.7. The first-order valence-corrected chi connectivity index (χ1v) is 8.90. The van der Waals surface area contributed by atoms with E-state index < -0.39 is 5.97 Å². The Bertz CT molecular complexity index is 826. The predicted molar refractivity (Wildman–Crippen MR) is 96.7 cm³/mol. The van der Waals surface area contributed by atoms with Crippen molar-refractivity contribution in [2.45, 2.75) is 17.7 Å². The number of rotatable bonds is 6. The van der Waals surface area contributed by atoms with Crippen LogP contribution in [0, 0.1) is 0 Å². The minimum Gasteiger partial charge on any atom is -0.481 e. The van der Waals surface area contributed by atoms with Crippen molar-refractivity contribution in [3.63, 3.8) is 0 Å². The highest BCUT2D eigenvalue weighted by atomic mass is 32.2. The van der Waals surface area contributed by atoms with Gasteiger partial charge in [0.15, 0.2) is 0 Å². The van der Waals surface area contributed by atoms with E-state index >= 15 is 0 Å². The third-order valence-electron chi connectivity index (χ3n) is 3.78. The zero-order chi connectivity index (χ0) is 16.9. The van der Waals surface area contributed by atoms with Gasteiger partial charge in [0, 0.05) is 23.1 Å². The van der Waals surface area contributed by atoms with Crippen LogP contribution in [-0.4, -0.2) is 27.1 Å². The van der Waals surface area contributed by atoms with Crippen molar-refractivity contribution in [3.8, 4) is 16.9 Å². The Morgan fingerprint density at radius 1 is 1.12 bits per heavy atom. The minimum atomic E-state index is -0.800. The van der Waals surface area contributed by atoms with Crippen LogP contribution in [0.3, 0.4) is 0 Å². The lowest BCUT2D eigenvalue weighted by molar-refractivity contribution is -0.136. The van der Waals surface area contributed by atoms with E-state index in [9.17, 15) is 4.79 Å². The van der Waals surface area contributed by atoms with E-state index in [0.29, 0.717) is 6.42 Å². The molecule has 0 bridgehead atoms. The van der Waals surface area contributed by atoms with Gasteiger partial charge in [-0.2, -0.15) is 5.10 Å². The van der Waals surface area contributed by atoms with E-state index in [0.717, 1.165) is 22.5 Å². The van der Waals surface area contributed by atoms with E-state index in [4.69, 9.17) is 10.2 Å². The summed E-state index contributed by atoms with van der Waals surface area (Å²) in [7, 11) is 0. The molecule has 0 aliphatic rings. The van der Waals surface area contributed by atoms with Gasteiger partial charge in [-0.15, -0.1) is 11.8 Å². The largest absolute Gasteiger partial charge is 0.481 e. The van der Waals surface area contributed by atoms with E-state index in [-0.39, 0.29) is 6.42 Å². The maximum absolute atomic E-state index is 11.0. The molecule has 4 nitrogen and oxygen atoms in total. The molecular weight excluding hydrogens is 320 g/mol. The maximum atomic E-state index is 11.0. The van der Waals surface area contributed by atoms with Crippen LogP contribution in [0.25, 0.3) is 16.9 Å². The fourth-order valence-electron chi connectivity index (χ4n) is 2.54. The number of para-hydroxylation sites is 1. The number of aliphatic carboxylic acids is 1. The second kappa shape index (κ2) is 7.36. The third kappa shape index (κ3) is 3.68. The molecule has 3 rings (SSSR count). The average molecular weight is 338 g/mol. The maximum Gasteiger partial charge on any atom is 0.303 e. The number of aryl methyl sites for hydroxylation is 1. The highest BCUT2D eigenvalue weighted by Gasteiger charge is 2.13. The molecule has 0 saturated carbocycles. The Morgan fingerprint density at radius 2 is 1.83 bits per heavy atom. The van der Waals surface area contributed by atoms with Crippen molar-refractivity contribution in [2.24, 2.45) is 0 Å². The van der Waals surface area contributed by atoms with E-state index in [2.05, 4.69) is 12.1 Å². The van der Waals surface area contributed by atoms with Gasteiger partial charge in [-0.1, -0.05) is 30.3 Å². The second-order valence-corrected chi connectivity index (χ2v) is 6.28. The van der Waals surface area contributed by atoms with Gasteiger partial charge in [-0.25, -0.2) is 4.68 Å². The molecule has 0 radical (unpaired) electrons. The average Bonchev–Trinajstić information content (AvgIpc) is 3.05. The molecule has 0 saturated heterocycles. The highest BCUT2D eigenvalue weighted by molar-refractivity contribution is 7.98. The smallest absolute Gasteiger partial charge is 0.303 e. The number of aromatic nitrogens is 2. The first kappa shape index (κ1) is 16.3. The van der Waals surface area contributed by atoms with Crippen LogP contribution in [0.5, 0.6) is 0 Å². The van der Waals surface area contributed by atoms with Crippen LogP contribution in [0.1, 0.15) is 12.0 Å². The number of nitrogens with zero attached hydrogens (tertiary/aromatic N) is 2. The fourth-order valence-corrected chi connectivity index (χ4v) is 2.95. The standard InChI is InChI=1S/C19H18N2O2S/c1-24-17-10-7-14(8-11-17)19-15(9-12-18(22)23)13-21(20-19)16-5-3-2-4-6-16/h2-8,10-11,13H,9,12H2,1H3,(H,22,23). The van der Waals surface area contributed by atoms with Crippen LogP contribution in [0.2, 0.25) is 0 Å². The van der Waals surface area contributed by atoms with Crippen molar-refractivity contribution in [1.82, 2.24) is 9.78 Å². The number of carboxylic acids is 1. The molecule has 24 heavy (non-hydrogen) atoms. The van der Waals surface area contributed by atoms with Crippen molar-refractivity contribution in [2.75, 3.05) is 6.26 Å². The number of hydrogen-bond donors (Lipinski definition) is 1. The molecular formula is C19H18N2O2S. The number of thioether (sulfide) groups is 1. The SMILES string of the molecule is CSc1ccc(-c2nn(-c3ccccc3)cc2CCC(=O)O)cc1. The van der Waals surface area contributed by atoms with Crippen molar-refractivity contribution in [3.05, 3.63) is 66.4 Å². The zero-order valence-electron chi connectivity index (χ0n) is 13.3. The summed E-state index contributed by atoms with van der Waals surface area (Å²) < 4.78 is 1.81. The Balaban J connectivity index is 2.01. The van der Waals surface area contributed by atoms with Gasteiger partial charge in [0.1, 0.15) is 0 Å². The van der Waals surface area contributed by atoms with Gasteiger partial charge in [-0.3, -0.25) is 4.79 Å². The summed E-state index contributed by atoms with van der Waals surface area (Å²) in [6.45, 7) is 0. The molecule has 122 valence electrons. The summed E-state index contributed by atoms with van der Waals surface area (Å²) in [5.41, 5.74) is 3.75. The molecule has 0 unspecified atom stereocenters. The summed E-state index contributed by atoms with van der Waals surface area (Å²) in [5.74, 6) is -0.800. The Hall–Kier alpha value is -2.53. The summed E-state index contributed by atoms with van der Waals surface area (Å²) in [6, 6.07) is 18.0. The molecule has 3 aromatic rings. The second-order valence-electron chi connectivity index (χ2n) is 5.41. The molecule has 0 fully saturated rings. The molecule has 0 spiro atoms. The quantitative estimate of drug-likeness (QED) is 0.682. The lowest BCUT2D eigenvalue weighted by Crippen LogP contribution is -1.97. The normalized spacial score (nSPS) is 10.7. The summed E-state index contributed by atoms with van der Waals surface area (Å²) >= 11 is 1.69.